The summed E-state index contributed by atoms with van der Waals surface area (Å²) in [5, 5.41) is 3.41. The molecule has 2 aromatic rings. The van der Waals surface area contributed by atoms with Crippen LogP contribution in [0, 0.1) is 3.57 Å². The van der Waals surface area contributed by atoms with Crippen LogP contribution >= 0.6 is 22.6 Å². The molecule has 1 unspecified atom stereocenters. The maximum atomic E-state index is 4.33. The van der Waals surface area contributed by atoms with Crippen molar-refractivity contribution in [2.75, 3.05) is 5.32 Å². The van der Waals surface area contributed by atoms with Crippen molar-refractivity contribution in [1.82, 2.24) is 4.98 Å². The second-order valence-corrected chi connectivity index (χ2v) is 4.77. The Bertz CT molecular complexity index is 456. The molecule has 0 radical (unpaired) electrons. The Morgan fingerprint density at radius 3 is 2.56 bits per heavy atom. The number of benzene rings is 1. The van der Waals surface area contributed by atoms with Gasteiger partial charge < -0.3 is 5.32 Å². The van der Waals surface area contributed by atoms with E-state index in [4.69, 9.17) is 0 Å². The second kappa shape index (κ2) is 5.30. The van der Waals surface area contributed by atoms with E-state index >= 15 is 0 Å². The van der Waals surface area contributed by atoms with E-state index in [1.54, 1.807) is 0 Å². The SMILES string of the molecule is CC(Nc1ncccc1I)c1ccccc1. The van der Waals surface area contributed by atoms with Crippen LogP contribution in [0.25, 0.3) is 0 Å². The van der Waals surface area contributed by atoms with Crippen LogP contribution in [0.5, 0.6) is 0 Å². The highest BCUT2D eigenvalue weighted by Gasteiger charge is 2.06. The molecular formula is C13H13IN2. The molecular weight excluding hydrogens is 311 g/mol. The predicted molar refractivity (Wildman–Crippen MR) is 75.4 cm³/mol. The molecule has 0 aliphatic heterocycles. The van der Waals surface area contributed by atoms with Crippen LogP contribution in [0.1, 0.15) is 18.5 Å². The zero-order chi connectivity index (χ0) is 11.4. The van der Waals surface area contributed by atoms with E-state index in [0.29, 0.717) is 0 Å². The molecule has 0 bridgehead atoms. The molecule has 0 aliphatic carbocycles. The Kier molecular flexibility index (Phi) is 3.77. The summed E-state index contributed by atoms with van der Waals surface area (Å²) in [7, 11) is 0. The van der Waals surface area contributed by atoms with Crippen molar-refractivity contribution in [3.05, 3.63) is 57.8 Å². The van der Waals surface area contributed by atoms with Gasteiger partial charge in [-0.25, -0.2) is 4.98 Å². The fourth-order valence-electron chi connectivity index (χ4n) is 1.52. The van der Waals surface area contributed by atoms with Gasteiger partial charge in [-0.3, -0.25) is 0 Å². The van der Waals surface area contributed by atoms with Crippen LogP contribution in [0.3, 0.4) is 0 Å². The third-order valence-electron chi connectivity index (χ3n) is 2.41. The van der Waals surface area contributed by atoms with Gasteiger partial charge in [0.2, 0.25) is 0 Å². The molecule has 0 saturated carbocycles. The van der Waals surface area contributed by atoms with Crippen molar-refractivity contribution < 1.29 is 0 Å². The minimum atomic E-state index is 0.268. The molecule has 1 N–H and O–H groups in total. The van der Waals surface area contributed by atoms with Gasteiger partial charge in [-0.15, -0.1) is 0 Å². The highest BCUT2D eigenvalue weighted by molar-refractivity contribution is 14.1. The van der Waals surface area contributed by atoms with Gasteiger partial charge in [0.05, 0.1) is 3.57 Å². The van der Waals surface area contributed by atoms with Crippen molar-refractivity contribution in [1.29, 1.82) is 0 Å². The fourth-order valence-corrected chi connectivity index (χ4v) is 2.02. The minimum absolute atomic E-state index is 0.268. The summed E-state index contributed by atoms with van der Waals surface area (Å²) in [5.74, 6) is 0.944. The molecule has 0 amide bonds. The molecule has 0 saturated heterocycles. The van der Waals surface area contributed by atoms with E-state index in [1.807, 2.05) is 24.4 Å². The Balaban J connectivity index is 2.14. The number of anilines is 1. The third-order valence-corrected chi connectivity index (χ3v) is 3.28. The standard InChI is InChI=1S/C13H13IN2/c1-10(11-6-3-2-4-7-11)16-13-12(14)8-5-9-15-13/h2-10H,1H3,(H,15,16). The summed E-state index contributed by atoms with van der Waals surface area (Å²) < 4.78 is 1.14. The number of hydrogen-bond acceptors (Lipinski definition) is 2. The van der Waals surface area contributed by atoms with Gasteiger partial charge >= 0.3 is 0 Å². The predicted octanol–water partition coefficient (Wildman–Crippen LogP) is 3.86. The van der Waals surface area contributed by atoms with E-state index in [1.165, 1.54) is 5.56 Å². The normalized spacial score (nSPS) is 12.1. The van der Waals surface area contributed by atoms with Crippen LogP contribution in [0.15, 0.2) is 48.7 Å². The molecule has 1 atom stereocenters. The number of nitrogens with one attached hydrogen (secondary N) is 1. The maximum Gasteiger partial charge on any atom is 0.139 e. The lowest BCUT2D eigenvalue weighted by Crippen LogP contribution is -2.08. The van der Waals surface area contributed by atoms with E-state index < -0.39 is 0 Å². The molecule has 2 rings (SSSR count). The fraction of sp³-hybridized carbons (Fsp3) is 0.154. The first-order chi connectivity index (χ1) is 7.77. The quantitative estimate of drug-likeness (QED) is 0.867. The highest BCUT2D eigenvalue weighted by Crippen LogP contribution is 2.20. The molecule has 1 heterocycles. The Hall–Kier alpha value is -1.10. The molecule has 0 fully saturated rings. The van der Waals surface area contributed by atoms with E-state index in [-0.39, 0.29) is 6.04 Å². The molecule has 1 aromatic carbocycles. The molecule has 82 valence electrons. The van der Waals surface area contributed by atoms with Crippen molar-refractivity contribution in [2.45, 2.75) is 13.0 Å². The zero-order valence-corrected chi connectivity index (χ0v) is 11.2. The Morgan fingerprint density at radius 2 is 1.88 bits per heavy atom. The molecule has 0 spiro atoms. The maximum absolute atomic E-state index is 4.33. The molecule has 1 aromatic heterocycles. The average molecular weight is 324 g/mol. The molecule has 0 aliphatic rings. The Morgan fingerprint density at radius 1 is 1.12 bits per heavy atom. The van der Waals surface area contributed by atoms with Crippen LogP contribution in [0.2, 0.25) is 0 Å². The average Bonchev–Trinajstić information content (AvgIpc) is 2.33. The van der Waals surface area contributed by atoms with Gasteiger partial charge in [0.15, 0.2) is 0 Å². The summed E-state index contributed by atoms with van der Waals surface area (Å²) >= 11 is 2.29. The number of hydrogen-bond donors (Lipinski definition) is 1. The van der Waals surface area contributed by atoms with E-state index in [2.05, 4.69) is 64.1 Å². The van der Waals surface area contributed by atoms with E-state index in [0.717, 1.165) is 9.39 Å². The lowest BCUT2D eigenvalue weighted by molar-refractivity contribution is 0.873. The number of aromatic nitrogens is 1. The Labute approximate surface area is 109 Å². The monoisotopic (exact) mass is 324 g/mol. The van der Waals surface area contributed by atoms with E-state index in [9.17, 15) is 0 Å². The van der Waals surface area contributed by atoms with Gasteiger partial charge in [0.25, 0.3) is 0 Å². The van der Waals surface area contributed by atoms with Gasteiger partial charge in [-0.2, -0.15) is 0 Å². The smallest absolute Gasteiger partial charge is 0.139 e. The number of rotatable bonds is 3. The number of halogens is 1. The molecule has 2 nitrogen and oxygen atoms in total. The van der Waals surface area contributed by atoms with Crippen molar-refractivity contribution in [2.24, 2.45) is 0 Å². The minimum Gasteiger partial charge on any atom is -0.363 e. The summed E-state index contributed by atoms with van der Waals surface area (Å²) in [6.45, 7) is 2.14. The lowest BCUT2D eigenvalue weighted by atomic mass is 10.1. The number of nitrogens with zero attached hydrogens (tertiary/aromatic N) is 1. The second-order valence-electron chi connectivity index (χ2n) is 3.61. The number of pyridine rings is 1. The summed E-state index contributed by atoms with van der Waals surface area (Å²) in [4.78, 5) is 4.33. The van der Waals surface area contributed by atoms with Crippen molar-refractivity contribution >= 4 is 28.4 Å². The van der Waals surface area contributed by atoms with Crippen LogP contribution in [-0.4, -0.2) is 4.98 Å². The van der Waals surface area contributed by atoms with Crippen LogP contribution in [0.4, 0.5) is 5.82 Å². The van der Waals surface area contributed by atoms with Crippen molar-refractivity contribution in [3.63, 3.8) is 0 Å². The van der Waals surface area contributed by atoms with Crippen molar-refractivity contribution in [3.8, 4) is 0 Å². The molecule has 16 heavy (non-hydrogen) atoms. The van der Waals surface area contributed by atoms with Gasteiger partial charge in [0, 0.05) is 12.2 Å². The van der Waals surface area contributed by atoms with Crippen LogP contribution in [-0.2, 0) is 0 Å². The zero-order valence-electron chi connectivity index (χ0n) is 9.02. The van der Waals surface area contributed by atoms with Crippen LogP contribution < -0.4 is 5.32 Å². The first-order valence-electron chi connectivity index (χ1n) is 5.19. The van der Waals surface area contributed by atoms with Gasteiger partial charge in [-0.1, -0.05) is 30.3 Å². The van der Waals surface area contributed by atoms with Gasteiger partial charge in [0.1, 0.15) is 5.82 Å². The summed E-state index contributed by atoms with van der Waals surface area (Å²) in [5.41, 5.74) is 1.27. The first kappa shape index (κ1) is 11.4. The topological polar surface area (TPSA) is 24.9 Å². The lowest BCUT2D eigenvalue weighted by Gasteiger charge is -2.15. The first-order valence-corrected chi connectivity index (χ1v) is 6.27. The highest BCUT2D eigenvalue weighted by atomic mass is 127. The summed E-state index contributed by atoms with van der Waals surface area (Å²) in [6, 6.07) is 14.6. The molecule has 3 heteroatoms. The third kappa shape index (κ3) is 2.72. The summed E-state index contributed by atoms with van der Waals surface area (Å²) in [6.07, 6.45) is 1.81. The van der Waals surface area contributed by atoms with Gasteiger partial charge in [-0.05, 0) is 47.2 Å². The largest absolute Gasteiger partial charge is 0.363 e.